The Hall–Kier alpha value is -3.52. The summed E-state index contributed by atoms with van der Waals surface area (Å²) in [6.07, 6.45) is 0.671. The lowest BCUT2D eigenvalue weighted by Gasteiger charge is -2.18. The maximum Gasteiger partial charge on any atom is 0.412 e. The number of rotatable bonds is 11. The summed E-state index contributed by atoms with van der Waals surface area (Å²) in [5.41, 5.74) is 1.71. The molecule has 2 aromatic rings. The van der Waals surface area contributed by atoms with Crippen molar-refractivity contribution in [2.45, 2.75) is 26.4 Å². The molecule has 0 heterocycles. The molecule has 2 rings (SSSR count). The molecule has 8 nitrogen and oxygen atoms in total. The van der Waals surface area contributed by atoms with Crippen LogP contribution in [0.5, 0.6) is 11.5 Å². The van der Waals surface area contributed by atoms with Crippen LogP contribution in [0.4, 0.5) is 10.5 Å². The number of benzene rings is 2. The van der Waals surface area contributed by atoms with Gasteiger partial charge in [-0.05, 0) is 55.8 Å². The van der Waals surface area contributed by atoms with Crippen LogP contribution in [0.25, 0.3) is 0 Å². The van der Waals surface area contributed by atoms with Gasteiger partial charge in [-0.3, -0.25) is 5.32 Å². The second-order valence-electron chi connectivity index (χ2n) is 6.73. The van der Waals surface area contributed by atoms with Gasteiger partial charge in [0.05, 0.1) is 20.3 Å². The minimum atomic E-state index is -0.649. The van der Waals surface area contributed by atoms with Crippen molar-refractivity contribution in [3.8, 4) is 11.5 Å². The Morgan fingerprint density at radius 2 is 1.72 bits per heavy atom. The molecule has 8 heteroatoms. The van der Waals surface area contributed by atoms with Crippen LogP contribution >= 0.6 is 0 Å². The lowest BCUT2D eigenvalue weighted by Crippen LogP contribution is -2.17. The predicted octanol–water partition coefficient (Wildman–Crippen LogP) is 4.26. The molecule has 0 aromatic heterocycles. The number of ether oxygens (including phenoxy) is 4. The second-order valence-corrected chi connectivity index (χ2v) is 6.73. The Kier molecular flexibility index (Phi) is 10.1. The SMILES string of the molecule is CCOC(=O)/C(C)=C/C[C@H](OC(=O)Nc1ccc(OC)cc1)c1ccc(OCCO)cc1. The zero-order valence-corrected chi connectivity index (χ0v) is 18.5. The number of nitrogens with one attached hydrogen (secondary N) is 1. The molecule has 0 aliphatic carbocycles. The maximum absolute atomic E-state index is 12.5. The fourth-order valence-electron chi connectivity index (χ4n) is 2.76. The minimum absolute atomic E-state index is 0.0864. The quantitative estimate of drug-likeness (QED) is 0.395. The van der Waals surface area contributed by atoms with Gasteiger partial charge < -0.3 is 24.1 Å². The van der Waals surface area contributed by atoms with Gasteiger partial charge in [-0.1, -0.05) is 18.2 Å². The molecule has 0 saturated heterocycles. The largest absolute Gasteiger partial charge is 0.497 e. The summed E-state index contributed by atoms with van der Waals surface area (Å²) >= 11 is 0. The number of hydrogen-bond acceptors (Lipinski definition) is 7. The van der Waals surface area contributed by atoms with Crippen molar-refractivity contribution in [2.75, 3.05) is 32.2 Å². The number of aliphatic hydroxyl groups is 1. The Bertz CT molecular complexity index is 892. The monoisotopic (exact) mass is 443 g/mol. The average Bonchev–Trinajstić information content (AvgIpc) is 2.81. The molecule has 1 atom stereocenters. The molecule has 172 valence electrons. The Labute approximate surface area is 187 Å². The van der Waals surface area contributed by atoms with Crippen LogP contribution in [-0.2, 0) is 14.3 Å². The summed E-state index contributed by atoms with van der Waals surface area (Å²) in [5.74, 6) is 0.842. The van der Waals surface area contributed by atoms with E-state index in [1.165, 1.54) is 0 Å². The number of carbonyl (C=O) groups excluding carboxylic acids is 2. The summed E-state index contributed by atoms with van der Waals surface area (Å²) in [5, 5.41) is 11.6. The summed E-state index contributed by atoms with van der Waals surface area (Å²) < 4.78 is 21.1. The van der Waals surface area contributed by atoms with Crippen LogP contribution in [0.1, 0.15) is 31.9 Å². The van der Waals surface area contributed by atoms with Crippen molar-refractivity contribution in [3.05, 3.63) is 65.7 Å². The Morgan fingerprint density at radius 3 is 2.31 bits per heavy atom. The molecule has 0 bridgehead atoms. The first-order valence-corrected chi connectivity index (χ1v) is 10.3. The van der Waals surface area contributed by atoms with Crippen LogP contribution < -0.4 is 14.8 Å². The number of amides is 1. The van der Waals surface area contributed by atoms with Gasteiger partial charge in [0, 0.05) is 17.7 Å². The zero-order chi connectivity index (χ0) is 23.3. The summed E-state index contributed by atoms with van der Waals surface area (Å²) in [6, 6.07) is 13.8. The smallest absolute Gasteiger partial charge is 0.412 e. The van der Waals surface area contributed by atoms with Crippen LogP contribution in [0.2, 0.25) is 0 Å². The fourth-order valence-corrected chi connectivity index (χ4v) is 2.76. The topological polar surface area (TPSA) is 103 Å². The third-order valence-electron chi connectivity index (χ3n) is 4.43. The molecule has 2 N–H and O–H groups in total. The van der Waals surface area contributed by atoms with E-state index >= 15 is 0 Å². The van der Waals surface area contributed by atoms with Crippen LogP contribution in [0.15, 0.2) is 60.2 Å². The first kappa shape index (κ1) is 24.7. The van der Waals surface area contributed by atoms with Gasteiger partial charge in [0.2, 0.25) is 0 Å². The number of methoxy groups -OCH3 is 1. The van der Waals surface area contributed by atoms with E-state index in [9.17, 15) is 9.59 Å². The highest BCUT2D eigenvalue weighted by atomic mass is 16.6. The highest BCUT2D eigenvalue weighted by Crippen LogP contribution is 2.26. The minimum Gasteiger partial charge on any atom is -0.497 e. The average molecular weight is 443 g/mol. The van der Waals surface area contributed by atoms with Gasteiger partial charge in [0.15, 0.2) is 0 Å². The summed E-state index contributed by atoms with van der Waals surface area (Å²) in [7, 11) is 1.56. The van der Waals surface area contributed by atoms with Crippen LogP contribution in [-0.4, -0.2) is 44.1 Å². The molecule has 0 aliphatic heterocycles. The molecule has 0 radical (unpaired) electrons. The molecule has 32 heavy (non-hydrogen) atoms. The van der Waals surface area contributed by atoms with Crippen molar-refractivity contribution >= 4 is 17.7 Å². The van der Waals surface area contributed by atoms with Gasteiger partial charge >= 0.3 is 12.1 Å². The second kappa shape index (κ2) is 13.0. The number of esters is 1. The molecule has 0 aliphatic rings. The van der Waals surface area contributed by atoms with E-state index in [0.29, 0.717) is 22.8 Å². The predicted molar refractivity (Wildman–Crippen MR) is 120 cm³/mol. The molecule has 2 aromatic carbocycles. The van der Waals surface area contributed by atoms with Crippen LogP contribution in [0.3, 0.4) is 0 Å². The van der Waals surface area contributed by atoms with E-state index in [0.717, 1.165) is 5.56 Å². The van der Waals surface area contributed by atoms with Crippen molar-refractivity contribution in [3.63, 3.8) is 0 Å². The van der Waals surface area contributed by atoms with Gasteiger partial charge in [-0.25, -0.2) is 9.59 Å². The zero-order valence-electron chi connectivity index (χ0n) is 18.5. The number of anilines is 1. The summed E-state index contributed by atoms with van der Waals surface area (Å²) in [4.78, 5) is 24.4. The van der Waals surface area contributed by atoms with E-state index in [4.69, 9.17) is 24.1 Å². The lowest BCUT2D eigenvalue weighted by molar-refractivity contribution is -0.138. The van der Waals surface area contributed by atoms with Crippen molar-refractivity contribution in [1.29, 1.82) is 0 Å². The van der Waals surface area contributed by atoms with Crippen molar-refractivity contribution in [1.82, 2.24) is 0 Å². The molecular formula is C24H29NO7. The van der Waals surface area contributed by atoms with Crippen LogP contribution in [0, 0.1) is 0 Å². The van der Waals surface area contributed by atoms with Gasteiger partial charge in [0.25, 0.3) is 0 Å². The van der Waals surface area contributed by atoms with Crippen molar-refractivity contribution < 1.29 is 33.6 Å². The highest BCUT2D eigenvalue weighted by molar-refractivity contribution is 5.87. The van der Waals surface area contributed by atoms with E-state index in [1.807, 2.05) is 0 Å². The third-order valence-corrected chi connectivity index (χ3v) is 4.43. The normalized spacial score (nSPS) is 11.9. The van der Waals surface area contributed by atoms with Gasteiger partial charge in [-0.2, -0.15) is 0 Å². The standard InChI is InChI=1S/C24H29NO7/c1-4-30-23(27)17(2)5-14-22(18-6-10-21(11-7-18)31-16-15-26)32-24(28)25-19-8-12-20(29-3)13-9-19/h5-13,22,26H,4,14-16H2,1-3H3,(H,25,28)/b17-5+/t22-/m0/s1. The molecule has 0 spiro atoms. The first-order chi connectivity index (χ1) is 15.5. The van der Waals surface area contributed by atoms with Gasteiger partial charge in [0.1, 0.15) is 24.2 Å². The summed E-state index contributed by atoms with van der Waals surface area (Å²) in [6.45, 7) is 3.77. The molecule has 1 amide bonds. The highest BCUT2D eigenvalue weighted by Gasteiger charge is 2.17. The lowest BCUT2D eigenvalue weighted by atomic mass is 10.0. The van der Waals surface area contributed by atoms with Crippen molar-refractivity contribution in [2.24, 2.45) is 0 Å². The number of aliphatic hydroxyl groups excluding tert-OH is 1. The maximum atomic E-state index is 12.5. The van der Waals surface area contributed by atoms with E-state index in [1.54, 1.807) is 75.6 Å². The number of hydrogen-bond donors (Lipinski definition) is 2. The molecule has 0 saturated carbocycles. The molecule has 0 unspecified atom stereocenters. The fraction of sp³-hybridized carbons (Fsp3) is 0.333. The third kappa shape index (κ3) is 7.96. The van der Waals surface area contributed by atoms with E-state index in [-0.39, 0.29) is 26.2 Å². The molecular weight excluding hydrogens is 414 g/mol. The van der Waals surface area contributed by atoms with E-state index in [2.05, 4.69) is 5.32 Å². The van der Waals surface area contributed by atoms with Gasteiger partial charge in [-0.15, -0.1) is 0 Å². The first-order valence-electron chi connectivity index (χ1n) is 10.3. The molecule has 0 fully saturated rings. The Morgan fingerprint density at radius 1 is 1.06 bits per heavy atom. The number of carbonyl (C=O) groups is 2. The van der Waals surface area contributed by atoms with E-state index < -0.39 is 18.2 Å². The Balaban J connectivity index is 2.13.